The summed E-state index contributed by atoms with van der Waals surface area (Å²) >= 11 is 0. The van der Waals surface area contributed by atoms with Crippen molar-refractivity contribution in [1.82, 2.24) is 0 Å². The number of anilines is 1. The number of quaternary nitrogens is 1. The van der Waals surface area contributed by atoms with Gasteiger partial charge in [0.15, 0.2) is 0 Å². The number of benzene rings is 1. The lowest BCUT2D eigenvalue weighted by Gasteiger charge is -2.40. The van der Waals surface area contributed by atoms with E-state index in [2.05, 4.69) is 19.0 Å². The summed E-state index contributed by atoms with van der Waals surface area (Å²) < 4.78 is 14.1. The van der Waals surface area contributed by atoms with Crippen molar-refractivity contribution in [2.24, 2.45) is 0 Å². The molecule has 0 saturated carbocycles. The van der Waals surface area contributed by atoms with Crippen LogP contribution in [0.4, 0.5) is 10.1 Å². The van der Waals surface area contributed by atoms with Crippen molar-refractivity contribution in [3.63, 3.8) is 0 Å². The third-order valence-corrected chi connectivity index (χ3v) is 3.12. The Kier molecular flexibility index (Phi) is 4.55. The second-order valence-corrected chi connectivity index (χ2v) is 4.85. The number of piperazine rings is 1. The van der Waals surface area contributed by atoms with Gasteiger partial charge in [-0.25, -0.2) is 4.39 Å². The highest BCUT2D eigenvalue weighted by Crippen LogP contribution is 2.18. The van der Waals surface area contributed by atoms with Crippen molar-refractivity contribution >= 4 is 5.69 Å². The van der Waals surface area contributed by atoms with Crippen molar-refractivity contribution in [3.05, 3.63) is 30.1 Å². The van der Waals surface area contributed by atoms with E-state index in [0.29, 0.717) is 0 Å². The lowest BCUT2D eigenvalue weighted by atomic mass is 10.2. The highest BCUT2D eigenvalue weighted by molar-refractivity contribution is 5.46. The minimum atomic E-state index is -0.146. The normalized spacial score (nSPS) is 19.1. The maximum absolute atomic E-state index is 13.0. The zero-order valence-corrected chi connectivity index (χ0v) is 11.9. The molecule has 1 saturated heterocycles. The van der Waals surface area contributed by atoms with Gasteiger partial charge >= 0.3 is 0 Å². The summed E-state index contributed by atoms with van der Waals surface area (Å²) in [6, 6.07) is 6.87. The first-order chi connectivity index (χ1) is 7.07. The Morgan fingerprint density at radius 2 is 1.81 bits per heavy atom. The molecule has 0 aliphatic carbocycles. The monoisotopic (exact) mass is 336 g/mol. The van der Waals surface area contributed by atoms with Crippen molar-refractivity contribution in [3.8, 4) is 0 Å². The van der Waals surface area contributed by atoms with Gasteiger partial charge in [0.05, 0.1) is 40.3 Å². The highest BCUT2D eigenvalue weighted by Gasteiger charge is 2.24. The molecule has 0 aromatic heterocycles. The molecule has 1 aliphatic rings. The molecule has 0 radical (unpaired) electrons. The third-order valence-electron chi connectivity index (χ3n) is 3.12. The lowest BCUT2D eigenvalue weighted by Crippen LogP contribution is -3.00. The summed E-state index contributed by atoms with van der Waals surface area (Å²) in [4.78, 5) is 2.26. The van der Waals surface area contributed by atoms with Gasteiger partial charge in [0.25, 0.3) is 0 Å². The fraction of sp³-hybridized carbons (Fsp3) is 0.500. The van der Waals surface area contributed by atoms with Crippen LogP contribution < -0.4 is 28.9 Å². The summed E-state index contributed by atoms with van der Waals surface area (Å²) in [6.07, 6.45) is 0. The fourth-order valence-electron chi connectivity index (χ4n) is 1.94. The van der Waals surface area contributed by atoms with Gasteiger partial charge in [0, 0.05) is 5.69 Å². The van der Waals surface area contributed by atoms with Crippen LogP contribution in [0.1, 0.15) is 0 Å². The van der Waals surface area contributed by atoms with Crippen LogP contribution >= 0.6 is 0 Å². The zero-order chi connectivity index (χ0) is 10.9. The van der Waals surface area contributed by atoms with E-state index in [-0.39, 0.29) is 29.8 Å². The quantitative estimate of drug-likeness (QED) is 0.457. The van der Waals surface area contributed by atoms with Gasteiger partial charge in [-0.05, 0) is 18.2 Å². The van der Waals surface area contributed by atoms with Crippen LogP contribution in [-0.2, 0) is 0 Å². The number of nitrogens with zero attached hydrogens (tertiary/aromatic N) is 2. The first kappa shape index (κ1) is 13.7. The standard InChI is InChI=1S/C12H18FN2.HI/c1-15(2)8-6-14(7-9-15)12-5-3-4-11(13)10-12;/h3-5,10H,6-9H2,1-2H3;1H/q+1;/p-1. The van der Waals surface area contributed by atoms with Crippen LogP contribution in [0.3, 0.4) is 0 Å². The van der Waals surface area contributed by atoms with Gasteiger partial charge in [-0.2, -0.15) is 0 Å². The van der Waals surface area contributed by atoms with E-state index >= 15 is 0 Å². The van der Waals surface area contributed by atoms with Crippen molar-refractivity contribution in [1.29, 1.82) is 0 Å². The molecule has 0 atom stereocenters. The van der Waals surface area contributed by atoms with Gasteiger partial charge in [-0.15, -0.1) is 0 Å². The Bertz CT molecular complexity index is 345. The molecule has 16 heavy (non-hydrogen) atoms. The number of hydrogen-bond donors (Lipinski definition) is 0. The molecule has 1 fully saturated rings. The molecule has 4 heteroatoms. The molecular formula is C12H18FIN2. The molecule has 1 aromatic carbocycles. The summed E-state index contributed by atoms with van der Waals surface area (Å²) in [7, 11) is 4.48. The topological polar surface area (TPSA) is 3.24 Å². The summed E-state index contributed by atoms with van der Waals surface area (Å²) in [5, 5.41) is 0. The van der Waals surface area contributed by atoms with E-state index in [4.69, 9.17) is 0 Å². The molecule has 0 unspecified atom stereocenters. The van der Waals surface area contributed by atoms with Gasteiger partial charge < -0.3 is 33.4 Å². The van der Waals surface area contributed by atoms with Crippen LogP contribution in [-0.4, -0.2) is 44.8 Å². The smallest absolute Gasteiger partial charge is 0.125 e. The number of halogens is 2. The Balaban J connectivity index is 0.00000128. The minimum absolute atomic E-state index is 0. The maximum atomic E-state index is 13.0. The number of likely N-dealkylation sites (N-methyl/N-ethyl adjacent to an activating group) is 1. The molecule has 0 bridgehead atoms. The molecule has 90 valence electrons. The third kappa shape index (κ3) is 3.31. The predicted molar refractivity (Wildman–Crippen MR) is 60.5 cm³/mol. The van der Waals surface area contributed by atoms with Gasteiger partial charge in [0.1, 0.15) is 5.82 Å². The van der Waals surface area contributed by atoms with Crippen LogP contribution in [0, 0.1) is 5.82 Å². The number of rotatable bonds is 1. The molecule has 0 amide bonds. The van der Waals surface area contributed by atoms with Crippen LogP contribution in [0.15, 0.2) is 24.3 Å². The van der Waals surface area contributed by atoms with Crippen LogP contribution in [0.2, 0.25) is 0 Å². The molecule has 1 heterocycles. The van der Waals surface area contributed by atoms with Crippen molar-refractivity contribution in [2.45, 2.75) is 0 Å². The van der Waals surface area contributed by atoms with Crippen molar-refractivity contribution < 1.29 is 32.9 Å². The van der Waals surface area contributed by atoms with E-state index in [0.717, 1.165) is 36.3 Å². The van der Waals surface area contributed by atoms with E-state index in [9.17, 15) is 4.39 Å². The van der Waals surface area contributed by atoms with Crippen LogP contribution in [0.5, 0.6) is 0 Å². The van der Waals surface area contributed by atoms with Gasteiger partial charge in [-0.3, -0.25) is 0 Å². The second kappa shape index (κ2) is 5.31. The molecule has 0 N–H and O–H groups in total. The fourth-order valence-corrected chi connectivity index (χ4v) is 1.94. The lowest BCUT2D eigenvalue weighted by molar-refractivity contribution is -0.890. The van der Waals surface area contributed by atoms with Gasteiger partial charge in [0.2, 0.25) is 0 Å². The summed E-state index contributed by atoms with van der Waals surface area (Å²) in [6.45, 7) is 4.26. The van der Waals surface area contributed by atoms with Gasteiger partial charge in [-0.1, -0.05) is 6.07 Å². The molecular weight excluding hydrogens is 318 g/mol. The zero-order valence-electron chi connectivity index (χ0n) is 9.79. The Morgan fingerprint density at radius 3 is 2.38 bits per heavy atom. The molecule has 0 spiro atoms. The number of hydrogen-bond acceptors (Lipinski definition) is 1. The second-order valence-electron chi connectivity index (χ2n) is 4.85. The molecule has 2 rings (SSSR count). The highest BCUT2D eigenvalue weighted by atomic mass is 127. The van der Waals surface area contributed by atoms with E-state index in [1.807, 2.05) is 6.07 Å². The SMILES string of the molecule is C[N+]1(C)CCN(c2cccc(F)c2)CC1.[I-]. The molecule has 1 aliphatic heterocycles. The maximum Gasteiger partial charge on any atom is 0.125 e. The average Bonchev–Trinajstić information content (AvgIpc) is 2.17. The van der Waals surface area contributed by atoms with Crippen LogP contribution in [0.25, 0.3) is 0 Å². The predicted octanol–water partition coefficient (Wildman–Crippen LogP) is -1.27. The molecule has 2 nitrogen and oxygen atoms in total. The largest absolute Gasteiger partial charge is 1.00 e. The summed E-state index contributed by atoms with van der Waals surface area (Å²) in [5.41, 5.74) is 1.01. The Labute approximate surface area is 114 Å². The molecule has 1 aromatic rings. The van der Waals surface area contributed by atoms with E-state index in [1.54, 1.807) is 12.1 Å². The van der Waals surface area contributed by atoms with E-state index < -0.39 is 0 Å². The average molecular weight is 336 g/mol. The Morgan fingerprint density at radius 1 is 1.19 bits per heavy atom. The Hall–Kier alpha value is -0.360. The summed E-state index contributed by atoms with van der Waals surface area (Å²) in [5.74, 6) is -0.146. The van der Waals surface area contributed by atoms with E-state index in [1.165, 1.54) is 6.07 Å². The first-order valence-corrected chi connectivity index (χ1v) is 5.39. The van der Waals surface area contributed by atoms with Crippen molar-refractivity contribution in [2.75, 3.05) is 45.2 Å². The first-order valence-electron chi connectivity index (χ1n) is 5.39. The minimum Gasteiger partial charge on any atom is -1.00 e.